The van der Waals surface area contributed by atoms with Gasteiger partial charge in [-0.1, -0.05) is 5.16 Å². The van der Waals surface area contributed by atoms with Gasteiger partial charge in [0.2, 0.25) is 10.0 Å². The molecule has 0 bridgehead atoms. The first-order chi connectivity index (χ1) is 12.6. The van der Waals surface area contributed by atoms with Crippen LogP contribution >= 0.6 is 24.0 Å². The molecule has 27 heavy (non-hydrogen) atoms. The van der Waals surface area contributed by atoms with Crippen LogP contribution in [-0.2, 0) is 22.3 Å². The minimum absolute atomic E-state index is 0. The number of rotatable bonds is 6. The molecule has 2 aromatic rings. The van der Waals surface area contributed by atoms with Gasteiger partial charge in [-0.2, -0.15) is 9.40 Å². The third-order valence-electron chi connectivity index (χ3n) is 4.06. The van der Waals surface area contributed by atoms with Crippen LogP contribution in [0.3, 0.4) is 0 Å². The van der Waals surface area contributed by atoms with Gasteiger partial charge in [0.1, 0.15) is 24.7 Å². The van der Waals surface area contributed by atoms with E-state index < -0.39 is 10.0 Å². The molecule has 0 aromatic carbocycles. The van der Waals surface area contributed by atoms with Crippen LogP contribution in [-0.4, -0.2) is 83.3 Å². The normalized spacial score (nSPS) is 16.2. The number of sulfonamides is 1. The summed E-state index contributed by atoms with van der Waals surface area (Å²) in [7, 11) is -1.69. The molecular formula is C14H23IN8O3S. The zero-order valence-corrected chi connectivity index (χ0v) is 18.1. The van der Waals surface area contributed by atoms with E-state index in [1.807, 2.05) is 4.90 Å². The van der Waals surface area contributed by atoms with Crippen molar-refractivity contribution in [1.82, 2.24) is 34.4 Å². The highest BCUT2D eigenvalue weighted by atomic mass is 127. The lowest BCUT2D eigenvalue weighted by Crippen LogP contribution is -2.54. The van der Waals surface area contributed by atoms with Gasteiger partial charge in [-0.25, -0.2) is 13.4 Å². The molecule has 0 atom stereocenters. The highest BCUT2D eigenvalue weighted by molar-refractivity contribution is 14.0. The van der Waals surface area contributed by atoms with Gasteiger partial charge in [0.25, 0.3) is 0 Å². The molecule has 2 aromatic heterocycles. The highest BCUT2D eigenvalue weighted by Crippen LogP contribution is 2.12. The summed E-state index contributed by atoms with van der Waals surface area (Å²) in [6, 6.07) is 1.56. The summed E-state index contributed by atoms with van der Waals surface area (Å²) in [5, 5.41) is 11.0. The van der Waals surface area contributed by atoms with Crippen molar-refractivity contribution in [1.29, 1.82) is 0 Å². The molecule has 1 saturated heterocycles. The average molecular weight is 510 g/mol. The number of aliphatic imine (C=N–C) groups is 1. The predicted octanol–water partition coefficient (Wildman–Crippen LogP) is -0.393. The Morgan fingerprint density at radius 1 is 1.33 bits per heavy atom. The minimum atomic E-state index is -3.40. The maximum Gasteiger partial charge on any atom is 0.220 e. The molecule has 0 unspecified atom stereocenters. The standard InChI is InChI=1S/C14H22N8O3S.HI/c1-15-14(17-3-4-21-12-16-11-18-21)20-5-7-22(8-6-20)26(23,24)10-13-2-9-25-19-13;/h2,9,11-12H,3-8,10H2,1H3,(H,15,17);1H. The molecule has 1 fully saturated rings. The lowest BCUT2D eigenvalue weighted by Gasteiger charge is -2.35. The lowest BCUT2D eigenvalue weighted by atomic mass is 10.4. The first-order valence-corrected chi connectivity index (χ1v) is 9.84. The Kier molecular flexibility index (Phi) is 7.97. The number of guanidine groups is 1. The molecule has 0 radical (unpaired) electrons. The molecule has 13 heteroatoms. The summed E-state index contributed by atoms with van der Waals surface area (Å²) in [5.74, 6) is 0.604. The second-order valence-corrected chi connectivity index (χ2v) is 7.73. The van der Waals surface area contributed by atoms with Gasteiger partial charge in [0.05, 0.1) is 12.2 Å². The number of piperazine rings is 1. The number of nitrogens with one attached hydrogen (secondary N) is 1. The largest absolute Gasteiger partial charge is 0.364 e. The summed E-state index contributed by atoms with van der Waals surface area (Å²) in [4.78, 5) is 10.2. The zero-order chi connectivity index (χ0) is 18.4. The second-order valence-electron chi connectivity index (χ2n) is 5.77. The summed E-state index contributed by atoms with van der Waals surface area (Å²) in [5.41, 5.74) is 0.415. The summed E-state index contributed by atoms with van der Waals surface area (Å²) in [6.45, 7) is 3.28. The quantitative estimate of drug-likeness (QED) is 0.317. The fourth-order valence-corrected chi connectivity index (χ4v) is 4.16. The SMILES string of the molecule is CN=C(NCCn1cncn1)N1CCN(S(=O)(=O)Cc2ccon2)CC1.I. The van der Waals surface area contributed by atoms with E-state index in [0.29, 0.717) is 45.0 Å². The van der Waals surface area contributed by atoms with Crippen molar-refractivity contribution in [2.75, 3.05) is 39.8 Å². The molecule has 0 amide bonds. The molecule has 11 nitrogen and oxygen atoms in total. The lowest BCUT2D eigenvalue weighted by molar-refractivity contribution is 0.259. The van der Waals surface area contributed by atoms with Gasteiger partial charge >= 0.3 is 0 Å². The van der Waals surface area contributed by atoms with E-state index in [-0.39, 0.29) is 29.7 Å². The fourth-order valence-electron chi connectivity index (χ4n) is 2.73. The van der Waals surface area contributed by atoms with Crippen molar-refractivity contribution in [3.8, 4) is 0 Å². The number of halogens is 1. The van der Waals surface area contributed by atoms with E-state index in [4.69, 9.17) is 4.52 Å². The van der Waals surface area contributed by atoms with Crippen LogP contribution < -0.4 is 5.32 Å². The van der Waals surface area contributed by atoms with Crippen LogP contribution in [0.25, 0.3) is 0 Å². The van der Waals surface area contributed by atoms with Gasteiger partial charge < -0.3 is 14.7 Å². The maximum atomic E-state index is 12.5. The third-order valence-corrected chi connectivity index (χ3v) is 5.87. The number of nitrogens with zero attached hydrogens (tertiary/aromatic N) is 7. The number of aromatic nitrogens is 4. The van der Waals surface area contributed by atoms with Crippen molar-refractivity contribution < 1.29 is 12.9 Å². The summed E-state index contributed by atoms with van der Waals surface area (Å²) < 4.78 is 32.9. The van der Waals surface area contributed by atoms with Crippen molar-refractivity contribution in [2.24, 2.45) is 4.99 Å². The van der Waals surface area contributed by atoms with Gasteiger partial charge in [-0.15, -0.1) is 24.0 Å². The molecule has 1 aliphatic heterocycles. The van der Waals surface area contributed by atoms with Crippen LogP contribution in [0.1, 0.15) is 5.69 Å². The Hall–Kier alpha value is -1.74. The Bertz CT molecular complexity index is 802. The molecule has 1 aliphatic rings. The van der Waals surface area contributed by atoms with E-state index in [1.54, 1.807) is 24.1 Å². The molecule has 3 rings (SSSR count). The Morgan fingerprint density at radius 2 is 2.11 bits per heavy atom. The van der Waals surface area contributed by atoms with Crippen molar-refractivity contribution in [2.45, 2.75) is 12.3 Å². The van der Waals surface area contributed by atoms with E-state index in [1.165, 1.54) is 16.9 Å². The highest BCUT2D eigenvalue weighted by Gasteiger charge is 2.28. The fraction of sp³-hybridized carbons (Fsp3) is 0.571. The topological polar surface area (TPSA) is 122 Å². The minimum Gasteiger partial charge on any atom is -0.364 e. The van der Waals surface area contributed by atoms with E-state index in [9.17, 15) is 8.42 Å². The maximum absolute atomic E-state index is 12.5. The van der Waals surface area contributed by atoms with Crippen LogP contribution in [0.15, 0.2) is 34.5 Å². The Morgan fingerprint density at radius 3 is 2.70 bits per heavy atom. The molecule has 0 aliphatic carbocycles. The van der Waals surface area contributed by atoms with E-state index >= 15 is 0 Å². The van der Waals surface area contributed by atoms with Crippen molar-refractivity contribution in [3.05, 3.63) is 30.7 Å². The van der Waals surface area contributed by atoms with Gasteiger partial charge in [0, 0.05) is 45.8 Å². The number of hydrogen-bond acceptors (Lipinski definition) is 7. The Labute approximate surface area is 174 Å². The summed E-state index contributed by atoms with van der Waals surface area (Å²) in [6.07, 6.45) is 4.52. The molecule has 0 spiro atoms. The van der Waals surface area contributed by atoms with Crippen LogP contribution in [0, 0.1) is 0 Å². The van der Waals surface area contributed by atoms with E-state index in [0.717, 1.165) is 5.96 Å². The monoisotopic (exact) mass is 510 g/mol. The molecule has 150 valence electrons. The first kappa shape index (κ1) is 21.6. The molecule has 1 N–H and O–H groups in total. The Balaban J connectivity index is 0.00000261. The number of hydrogen-bond donors (Lipinski definition) is 1. The van der Waals surface area contributed by atoms with Crippen LogP contribution in [0.5, 0.6) is 0 Å². The van der Waals surface area contributed by atoms with E-state index in [2.05, 4.69) is 25.5 Å². The predicted molar refractivity (Wildman–Crippen MR) is 109 cm³/mol. The van der Waals surface area contributed by atoms with Crippen LogP contribution in [0.2, 0.25) is 0 Å². The average Bonchev–Trinajstić information content (AvgIpc) is 3.33. The van der Waals surface area contributed by atoms with Gasteiger partial charge in [0.15, 0.2) is 5.96 Å². The third kappa shape index (κ3) is 5.87. The molecule has 0 saturated carbocycles. The van der Waals surface area contributed by atoms with Crippen LogP contribution in [0.4, 0.5) is 0 Å². The molecular weight excluding hydrogens is 487 g/mol. The second kappa shape index (κ2) is 9.98. The van der Waals surface area contributed by atoms with Crippen molar-refractivity contribution in [3.63, 3.8) is 0 Å². The first-order valence-electron chi connectivity index (χ1n) is 8.23. The zero-order valence-electron chi connectivity index (χ0n) is 14.9. The molecule has 3 heterocycles. The smallest absolute Gasteiger partial charge is 0.220 e. The van der Waals surface area contributed by atoms with Gasteiger partial charge in [-0.3, -0.25) is 9.67 Å². The van der Waals surface area contributed by atoms with Crippen molar-refractivity contribution >= 4 is 40.0 Å². The summed E-state index contributed by atoms with van der Waals surface area (Å²) >= 11 is 0. The van der Waals surface area contributed by atoms with Gasteiger partial charge in [-0.05, 0) is 0 Å².